The van der Waals surface area contributed by atoms with Gasteiger partial charge in [-0.15, -0.1) is 0 Å². The Hall–Kier alpha value is -4.46. The average molecular weight is 460 g/mol. The first-order valence-electron chi connectivity index (χ1n) is 10.7. The Labute approximate surface area is 193 Å². The largest absolute Gasteiger partial charge is 0.423 e. The van der Waals surface area contributed by atoms with Gasteiger partial charge >= 0.3 is 0 Å². The van der Waals surface area contributed by atoms with E-state index in [2.05, 4.69) is 43.8 Å². The summed E-state index contributed by atoms with van der Waals surface area (Å²) in [5.74, 6) is 5.30. The zero-order valence-corrected chi connectivity index (χ0v) is 18.4. The van der Waals surface area contributed by atoms with Crippen molar-refractivity contribution in [2.45, 2.75) is 19.4 Å². The Morgan fingerprint density at radius 1 is 1.41 bits per heavy atom. The van der Waals surface area contributed by atoms with E-state index in [0.717, 1.165) is 0 Å². The number of nitrogen functional groups attached to an aromatic ring is 1. The second-order valence-electron chi connectivity index (χ2n) is 7.78. The molecule has 4 heterocycles. The number of nitrogens with zero attached hydrogens (tertiary/aromatic N) is 6. The molecule has 0 bridgehead atoms. The summed E-state index contributed by atoms with van der Waals surface area (Å²) in [6.45, 7) is 7.12. The molecule has 1 fully saturated rings. The quantitative estimate of drug-likeness (QED) is 0.351. The van der Waals surface area contributed by atoms with E-state index in [1.165, 1.54) is 24.5 Å². The first-order valence-corrected chi connectivity index (χ1v) is 10.7. The predicted molar refractivity (Wildman–Crippen MR) is 124 cm³/mol. The van der Waals surface area contributed by atoms with Crippen molar-refractivity contribution in [3.05, 3.63) is 48.2 Å². The Morgan fingerprint density at radius 2 is 2.26 bits per heavy atom. The molecule has 4 aromatic rings. The average Bonchev–Trinajstić information content (AvgIpc) is 3.54. The Morgan fingerprint density at radius 3 is 3.06 bits per heavy atom. The number of likely N-dealkylation sites (tertiary alicyclic amines) is 1. The van der Waals surface area contributed by atoms with Gasteiger partial charge in [0.05, 0.1) is 17.0 Å². The minimum absolute atomic E-state index is 0.107. The number of hydrogen-bond donors (Lipinski definition) is 2. The summed E-state index contributed by atoms with van der Waals surface area (Å²) in [5, 5.41) is 8.06. The van der Waals surface area contributed by atoms with Gasteiger partial charge in [0.2, 0.25) is 5.91 Å². The van der Waals surface area contributed by atoms with Crippen LogP contribution in [-0.4, -0.2) is 55.2 Å². The molecular weight excluding hydrogens is 439 g/mol. The molecule has 1 aliphatic rings. The van der Waals surface area contributed by atoms with Crippen molar-refractivity contribution >= 4 is 39.9 Å². The van der Waals surface area contributed by atoms with Crippen molar-refractivity contribution < 1.29 is 13.6 Å². The van der Waals surface area contributed by atoms with Crippen molar-refractivity contribution in [1.29, 1.82) is 0 Å². The van der Waals surface area contributed by atoms with E-state index in [-0.39, 0.29) is 23.3 Å². The maximum atomic E-state index is 14.7. The molecule has 0 aliphatic carbocycles. The van der Waals surface area contributed by atoms with Crippen LogP contribution in [0.4, 0.5) is 16.2 Å². The fourth-order valence-corrected chi connectivity index (χ4v) is 4.01. The third kappa shape index (κ3) is 3.69. The minimum atomic E-state index is -0.540. The van der Waals surface area contributed by atoms with Gasteiger partial charge in [-0.1, -0.05) is 12.5 Å². The number of halogens is 1. The van der Waals surface area contributed by atoms with Crippen molar-refractivity contribution in [2.24, 2.45) is 0 Å². The summed E-state index contributed by atoms with van der Waals surface area (Å²) in [6.07, 6.45) is 3.34. The molecule has 1 atom stereocenters. The topological polar surface area (TPSA) is 128 Å². The van der Waals surface area contributed by atoms with Crippen LogP contribution in [-0.2, 0) is 4.79 Å². The lowest BCUT2D eigenvalue weighted by atomic mass is 10.2. The van der Waals surface area contributed by atoms with E-state index < -0.39 is 5.82 Å². The lowest BCUT2D eigenvalue weighted by molar-refractivity contribution is -0.125. The molecular formula is C23H21FN8O2. The van der Waals surface area contributed by atoms with Crippen LogP contribution in [0.3, 0.4) is 0 Å². The summed E-state index contributed by atoms with van der Waals surface area (Å²) in [7, 11) is 0. The maximum Gasteiger partial charge on any atom is 0.295 e. The Kier molecular flexibility index (Phi) is 5.33. The number of anilines is 2. The zero-order valence-electron chi connectivity index (χ0n) is 18.4. The molecule has 1 aliphatic heterocycles. The molecule has 172 valence electrons. The van der Waals surface area contributed by atoms with Crippen LogP contribution in [0.15, 0.2) is 35.5 Å². The van der Waals surface area contributed by atoms with Gasteiger partial charge in [-0.3, -0.25) is 4.79 Å². The van der Waals surface area contributed by atoms with Crippen LogP contribution >= 0.6 is 0 Å². The SMILES string of the molecule is C=CC(=O)N1CCC(n2nc(C#Cc3cc4nc(NCC)oc4cc3F)c3c(N)ncnc32)C1. The first-order chi connectivity index (χ1) is 16.5. The summed E-state index contributed by atoms with van der Waals surface area (Å²) >= 11 is 0. The molecule has 3 aromatic heterocycles. The molecule has 0 spiro atoms. The van der Waals surface area contributed by atoms with Crippen LogP contribution in [0, 0.1) is 17.7 Å². The monoisotopic (exact) mass is 460 g/mol. The van der Waals surface area contributed by atoms with Crippen molar-refractivity contribution in [3.8, 4) is 11.8 Å². The van der Waals surface area contributed by atoms with Crippen molar-refractivity contribution in [3.63, 3.8) is 0 Å². The highest BCUT2D eigenvalue weighted by molar-refractivity contribution is 5.91. The van der Waals surface area contributed by atoms with Gasteiger partial charge in [0.25, 0.3) is 6.01 Å². The fraction of sp³-hybridized carbons (Fsp3) is 0.261. The number of oxazole rings is 1. The van der Waals surface area contributed by atoms with Crippen LogP contribution in [0.5, 0.6) is 0 Å². The number of nitrogens with one attached hydrogen (secondary N) is 1. The number of nitrogens with two attached hydrogens (primary N) is 1. The van der Waals surface area contributed by atoms with E-state index in [9.17, 15) is 9.18 Å². The summed E-state index contributed by atoms with van der Waals surface area (Å²) < 4.78 is 21.9. The third-order valence-corrected chi connectivity index (χ3v) is 5.63. The molecule has 34 heavy (non-hydrogen) atoms. The maximum absolute atomic E-state index is 14.7. The lowest BCUT2D eigenvalue weighted by Crippen LogP contribution is -2.27. The molecule has 11 heteroatoms. The van der Waals surface area contributed by atoms with E-state index in [1.54, 1.807) is 9.58 Å². The molecule has 0 radical (unpaired) electrons. The van der Waals surface area contributed by atoms with Gasteiger partial charge in [0.1, 0.15) is 29.2 Å². The second-order valence-corrected chi connectivity index (χ2v) is 7.78. The van der Waals surface area contributed by atoms with Gasteiger partial charge in [0, 0.05) is 25.7 Å². The molecule has 3 N–H and O–H groups in total. The smallest absolute Gasteiger partial charge is 0.295 e. The molecule has 1 amide bonds. The van der Waals surface area contributed by atoms with E-state index in [4.69, 9.17) is 10.2 Å². The van der Waals surface area contributed by atoms with Crippen molar-refractivity contribution in [1.82, 2.24) is 29.6 Å². The summed E-state index contributed by atoms with van der Waals surface area (Å²) in [5.41, 5.74) is 7.91. The van der Waals surface area contributed by atoms with Crippen LogP contribution in [0.25, 0.3) is 22.1 Å². The second kappa shape index (κ2) is 8.47. The number of rotatable bonds is 4. The number of aromatic nitrogens is 5. The number of carbonyl (C=O) groups excluding carboxylic acids is 1. The number of hydrogen-bond acceptors (Lipinski definition) is 8. The van der Waals surface area contributed by atoms with Gasteiger partial charge in [-0.2, -0.15) is 10.1 Å². The molecule has 1 aromatic carbocycles. The van der Waals surface area contributed by atoms with E-state index in [1.807, 2.05) is 6.92 Å². The van der Waals surface area contributed by atoms with E-state index >= 15 is 0 Å². The van der Waals surface area contributed by atoms with Gasteiger partial charge in [-0.05, 0) is 31.4 Å². The molecule has 1 saturated heterocycles. The highest BCUT2D eigenvalue weighted by atomic mass is 19.1. The van der Waals surface area contributed by atoms with Crippen LogP contribution < -0.4 is 11.1 Å². The fourth-order valence-electron chi connectivity index (χ4n) is 4.01. The molecule has 10 nitrogen and oxygen atoms in total. The van der Waals surface area contributed by atoms with Crippen LogP contribution in [0.2, 0.25) is 0 Å². The summed E-state index contributed by atoms with van der Waals surface area (Å²) in [4.78, 5) is 26.4. The van der Waals surface area contributed by atoms with Gasteiger partial charge < -0.3 is 20.4 Å². The number of fused-ring (bicyclic) bond motifs is 2. The number of carbonyl (C=O) groups is 1. The highest BCUT2D eigenvalue weighted by Gasteiger charge is 2.29. The standard InChI is InChI=1S/C23H21FN8O2/c1-3-19(33)31-8-7-14(11-31)32-22-20(21(25)27-12-28-22)16(30-32)6-5-13-9-17-18(10-15(13)24)34-23(29-17)26-4-2/h3,9-10,12,14H,1,4,7-8,11H2,2H3,(H,26,29)(H2,25,27,28). The lowest BCUT2D eigenvalue weighted by Gasteiger charge is -2.14. The normalized spacial score (nSPS) is 15.5. The summed E-state index contributed by atoms with van der Waals surface area (Å²) in [6, 6.07) is 2.99. The molecule has 5 rings (SSSR count). The molecule has 1 unspecified atom stereocenters. The van der Waals surface area contributed by atoms with Crippen molar-refractivity contribution in [2.75, 3.05) is 30.7 Å². The third-order valence-electron chi connectivity index (χ3n) is 5.63. The highest BCUT2D eigenvalue weighted by Crippen LogP contribution is 2.29. The first kappa shape index (κ1) is 21.4. The zero-order chi connectivity index (χ0) is 23.8. The van der Waals surface area contributed by atoms with Gasteiger partial charge in [0.15, 0.2) is 11.2 Å². The minimum Gasteiger partial charge on any atom is -0.423 e. The predicted octanol–water partition coefficient (Wildman–Crippen LogP) is 2.48. The van der Waals surface area contributed by atoms with E-state index in [0.29, 0.717) is 59.9 Å². The Bertz CT molecular complexity index is 1500. The van der Waals surface area contributed by atoms with Gasteiger partial charge in [-0.25, -0.2) is 19.0 Å². The Balaban J connectivity index is 1.54. The molecule has 0 saturated carbocycles. The number of benzene rings is 1. The number of amides is 1. The van der Waals surface area contributed by atoms with Crippen LogP contribution in [0.1, 0.15) is 30.6 Å².